The van der Waals surface area contributed by atoms with Gasteiger partial charge in [-0.1, -0.05) is 11.6 Å². The molecule has 0 spiro atoms. The molecule has 0 aliphatic rings. The smallest absolute Gasteiger partial charge is 0.416 e. The average Bonchev–Trinajstić information content (AvgIpc) is 2.32. The van der Waals surface area contributed by atoms with Gasteiger partial charge in [0.1, 0.15) is 17.3 Å². The van der Waals surface area contributed by atoms with Gasteiger partial charge in [0.05, 0.1) is 10.6 Å². The first-order valence-corrected chi connectivity index (χ1v) is 5.74. The summed E-state index contributed by atoms with van der Waals surface area (Å²) in [5, 5.41) is -0.110. The Morgan fingerprint density at radius 2 is 1.70 bits per heavy atom. The van der Waals surface area contributed by atoms with Crippen molar-refractivity contribution < 1.29 is 22.3 Å². The molecule has 2 rings (SSSR count). The second kappa shape index (κ2) is 5.20. The molecule has 0 bridgehead atoms. The first-order chi connectivity index (χ1) is 9.25. The molecule has 2 aromatic carbocycles. The summed E-state index contributed by atoms with van der Waals surface area (Å²) in [5.74, 6) is -0.853. The summed E-state index contributed by atoms with van der Waals surface area (Å²) in [6.07, 6.45) is -4.54. The molecule has 0 saturated heterocycles. The predicted octanol–water partition coefficient (Wildman–Crippen LogP) is 4.87. The molecule has 0 radical (unpaired) electrons. The fourth-order valence-corrected chi connectivity index (χ4v) is 1.64. The number of hydrogen-bond acceptors (Lipinski definition) is 2. The molecule has 0 saturated carbocycles. The minimum absolute atomic E-state index is 0.0191. The summed E-state index contributed by atoms with van der Waals surface area (Å²) < 4.78 is 56.2. The Balaban J connectivity index is 2.33. The van der Waals surface area contributed by atoms with Gasteiger partial charge in [-0.05, 0) is 24.3 Å². The maximum absolute atomic E-state index is 13.2. The van der Waals surface area contributed by atoms with E-state index in [1.165, 1.54) is 18.2 Å². The van der Waals surface area contributed by atoms with Crippen molar-refractivity contribution >= 4 is 17.3 Å². The van der Waals surface area contributed by atoms with Crippen molar-refractivity contribution in [1.29, 1.82) is 0 Å². The Hall–Kier alpha value is -1.95. The van der Waals surface area contributed by atoms with E-state index in [-0.39, 0.29) is 22.2 Å². The van der Waals surface area contributed by atoms with Crippen molar-refractivity contribution in [2.75, 3.05) is 5.73 Å². The molecule has 2 aromatic rings. The zero-order valence-corrected chi connectivity index (χ0v) is 10.6. The van der Waals surface area contributed by atoms with Crippen LogP contribution in [0.5, 0.6) is 11.5 Å². The van der Waals surface area contributed by atoms with Crippen LogP contribution >= 0.6 is 11.6 Å². The first kappa shape index (κ1) is 14.5. The molecular weight excluding hydrogens is 298 g/mol. The summed E-state index contributed by atoms with van der Waals surface area (Å²) in [4.78, 5) is 0. The van der Waals surface area contributed by atoms with Gasteiger partial charge in [-0.15, -0.1) is 0 Å². The molecule has 2 nitrogen and oxygen atoms in total. The SMILES string of the molecule is Nc1cc(Oc2ccc(Cl)c(F)c2)cc(C(F)(F)F)c1. The summed E-state index contributed by atoms with van der Waals surface area (Å²) in [6.45, 7) is 0. The number of halogens is 5. The van der Waals surface area contributed by atoms with Gasteiger partial charge in [-0.25, -0.2) is 4.39 Å². The minimum atomic E-state index is -4.54. The number of anilines is 1. The van der Waals surface area contributed by atoms with Crippen molar-refractivity contribution in [3.05, 3.63) is 52.8 Å². The Morgan fingerprint density at radius 1 is 1.00 bits per heavy atom. The third-order valence-corrected chi connectivity index (χ3v) is 2.69. The van der Waals surface area contributed by atoms with Crippen LogP contribution in [0.1, 0.15) is 5.56 Å². The second-order valence-corrected chi connectivity index (χ2v) is 4.37. The largest absolute Gasteiger partial charge is 0.457 e. The Labute approximate surface area is 116 Å². The number of nitrogens with two attached hydrogens (primary N) is 1. The van der Waals surface area contributed by atoms with Gasteiger partial charge in [-0.3, -0.25) is 0 Å². The van der Waals surface area contributed by atoms with E-state index in [1.54, 1.807) is 0 Å². The third kappa shape index (κ3) is 3.33. The van der Waals surface area contributed by atoms with Crippen LogP contribution in [0.3, 0.4) is 0 Å². The number of nitrogen functional groups attached to an aromatic ring is 1. The molecule has 0 aliphatic heterocycles. The second-order valence-electron chi connectivity index (χ2n) is 3.97. The van der Waals surface area contributed by atoms with E-state index in [1.807, 2.05) is 0 Å². The van der Waals surface area contributed by atoms with E-state index in [4.69, 9.17) is 22.1 Å². The lowest BCUT2D eigenvalue weighted by molar-refractivity contribution is -0.137. The van der Waals surface area contributed by atoms with Crippen LogP contribution in [-0.2, 0) is 6.18 Å². The monoisotopic (exact) mass is 305 g/mol. The topological polar surface area (TPSA) is 35.2 Å². The van der Waals surface area contributed by atoms with E-state index in [2.05, 4.69) is 0 Å². The quantitative estimate of drug-likeness (QED) is 0.634. The number of alkyl halides is 3. The molecule has 0 heterocycles. The van der Waals surface area contributed by atoms with E-state index < -0.39 is 17.6 Å². The van der Waals surface area contributed by atoms with Crippen LogP contribution in [0, 0.1) is 5.82 Å². The Bertz CT molecular complexity index is 643. The number of ether oxygens (including phenoxy) is 1. The first-order valence-electron chi connectivity index (χ1n) is 5.36. The van der Waals surface area contributed by atoms with E-state index in [9.17, 15) is 17.6 Å². The molecule has 0 atom stereocenters. The zero-order valence-electron chi connectivity index (χ0n) is 9.84. The van der Waals surface area contributed by atoms with Crippen molar-refractivity contribution in [2.45, 2.75) is 6.18 Å². The molecule has 0 amide bonds. The van der Waals surface area contributed by atoms with E-state index in [0.29, 0.717) is 0 Å². The molecule has 106 valence electrons. The average molecular weight is 306 g/mol. The summed E-state index contributed by atoms with van der Waals surface area (Å²) in [6, 6.07) is 6.32. The summed E-state index contributed by atoms with van der Waals surface area (Å²) in [5.41, 5.74) is 4.34. The molecule has 0 unspecified atom stereocenters. The van der Waals surface area contributed by atoms with Gasteiger partial charge < -0.3 is 10.5 Å². The number of benzene rings is 2. The van der Waals surface area contributed by atoms with Gasteiger partial charge in [0.15, 0.2) is 0 Å². The molecule has 0 fully saturated rings. The van der Waals surface area contributed by atoms with Crippen LogP contribution in [0.2, 0.25) is 5.02 Å². The molecule has 0 aliphatic carbocycles. The number of hydrogen-bond donors (Lipinski definition) is 1. The van der Waals surface area contributed by atoms with Crippen LogP contribution in [0.15, 0.2) is 36.4 Å². The van der Waals surface area contributed by atoms with Crippen molar-refractivity contribution in [1.82, 2.24) is 0 Å². The van der Waals surface area contributed by atoms with Gasteiger partial charge in [-0.2, -0.15) is 13.2 Å². The molecular formula is C13H8ClF4NO. The highest BCUT2D eigenvalue weighted by Crippen LogP contribution is 2.35. The van der Waals surface area contributed by atoms with E-state index >= 15 is 0 Å². The lowest BCUT2D eigenvalue weighted by Gasteiger charge is -2.11. The third-order valence-electron chi connectivity index (χ3n) is 2.38. The van der Waals surface area contributed by atoms with Crippen LogP contribution < -0.4 is 10.5 Å². The predicted molar refractivity (Wildman–Crippen MR) is 67.3 cm³/mol. The lowest BCUT2D eigenvalue weighted by Crippen LogP contribution is -2.06. The fraction of sp³-hybridized carbons (Fsp3) is 0.0769. The fourth-order valence-electron chi connectivity index (χ4n) is 1.52. The van der Waals surface area contributed by atoms with Crippen LogP contribution in [0.25, 0.3) is 0 Å². The summed E-state index contributed by atoms with van der Waals surface area (Å²) >= 11 is 5.49. The minimum Gasteiger partial charge on any atom is -0.457 e. The maximum atomic E-state index is 13.2. The molecule has 0 aromatic heterocycles. The highest BCUT2D eigenvalue weighted by atomic mass is 35.5. The van der Waals surface area contributed by atoms with Gasteiger partial charge >= 0.3 is 6.18 Å². The molecule has 20 heavy (non-hydrogen) atoms. The van der Waals surface area contributed by atoms with Gasteiger partial charge in [0.25, 0.3) is 0 Å². The highest BCUT2D eigenvalue weighted by molar-refractivity contribution is 6.30. The molecule has 7 heteroatoms. The Morgan fingerprint density at radius 3 is 2.30 bits per heavy atom. The number of rotatable bonds is 2. The zero-order chi connectivity index (χ0) is 14.9. The van der Waals surface area contributed by atoms with Crippen LogP contribution in [0.4, 0.5) is 23.2 Å². The summed E-state index contributed by atoms with van der Waals surface area (Å²) in [7, 11) is 0. The van der Waals surface area contributed by atoms with Crippen LogP contribution in [-0.4, -0.2) is 0 Å². The van der Waals surface area contributed by atoms with Gasteiger partial charge in [0.2, 0.25) is 0 Å². The normalized spacial score (nSPS) is 11.4. The van der Waals surface area contributed by atoms with Crippen molar-refractivity contribution in [3.63, 3.8) is 0 Å². The standard InChI is InChI=1S/C13H8ClF4NO/c14-11-2-1-9(6-12(11)15)20-10-4-7(13(16,17)18)3-8(19)5-10/h1-6H,19H2. The van der Waals surface area contributed by atoms with Gasteiger partial charge in [0, 0.05) is 17.8 Å². The van der Waals surface area contributed by atoms with Crippen molar-refractivity contribution in [3.8, 4) is 11.5 Å². The van der Waals surface area contributed by atoms with E-state index in [0.717, 1.165) is 18.2 Å². The molecule has 2 N–H and O–H groups in total. The maximum Gasteiger partial charge on any atom is 0.416 e. The van der Waals surface area contributed by atoms with Crippen molar-refractivity contribution in [2.24, 2.45) is 0 Å². The Kier molecular flexibility index (Phi) is 3.76. The lowest BCUT2D eigenvalue weighted by atomic mass is 10.2. The highest BCUT2D eigenvalue weighted by Gasteiger charge is 2.31.